The summed E-state index contributed by atoms with van der Waals surface area (Å²) >= 11 is 1.61. The van der Waals surface area contributed by atoms with Crippen molar-refractivity contribution in [1.82, 2.24) is 25.1 Å². The number of carbonyl (C=O) groups excluding carboxylic acids is 1. The van der Waals surface area contributed by atoms with E-state index in [9.17, 15) is 4.79 Å². The predicted molar refractivity (Wildman–Crippen MR) is 130 cm³/mol. The zero-order valence-electron chi connectivity index (χ0n) is 19.4. The molecular weight excluding hydrogens is 424 g/mol. The van der Waals surface area contributed by atoms with E-state index in [4.69, 9.17) is 9.72 Å². The molecule has 0 aliphatic rings. The Kier molecular flexibility index (Phi) is 8.46. The minimum absolute atomic E-state index is 0.0859. The summed E-state index contributed by atoms with van der Waals surface area (Å²) in [4.78, 5) is 22.0. The summed E-state index contributed by atoms with van der Waals surface area (Å²) in [7, 11) is 0. The summed E-state index contributed by atoms with van der Waals surface area (Å²) in [5, 5.41) is 12.7. The van der Waals surface area contributed by atoms with Gasteiger partial charge in [0.05, 0.1) is 24.7 Å². The molecular formula is C23H32N6O2S. The number of nitrogens with one attached hydrogen (secondary N) is 2. The van der Waals surface area contributed by atoms with Crippen LogP contribution < -0.4 is 10.6 Å². The molecule has 0 unspecified atom stereocenters. The molecule has 3 aromatic rings. The van der Waals surface area contributed by atoms with E-state index < -0.39 is 0 Å². The predicted octanol–water partition coefficient (Wildman–Crippen LogP) is 3.82. The molecule has 0 bridgehead atoms. The molecule has 0 aliphatic heterocycles. The zero-order valence-corrected chi connectivity index (χ0v) is 20.3. The molecule has 172 valence electrons. The number of aryl methyl sites for hydroxylation is 2. The third-order valence-corrected chi connectivity index (χ3v) is 5.52. The standard InChI is InChI=1S/C23H32N6O2S/c1-6-31-10-8-24-20-19-14-26-29(21(19)28-23(27-20)32-15(2)3)9-7-25-22(30)18-12-16(4)11-17(5)13-18/h11-15H,6-10H2,1-5H3,(H,25,30)(H,24,27,28). The molecule has 32 heavy (non-hydrogen) atoms. The molecule has 0 aliphatic carbocycles. The smallest absolute Gasteiger partial charge is 0.251 e. The minimum atomic E-state index is -0.0859. The van der Waals surface area contributed by atoms with Crippen molar-refractivity contribution in [2.45, 2.75) is 51.6 Å². The van der Waals surface area contributed by atoms with Gasteiger partial charge in [-0.05, 0) is 32.9 Å². The van der Waals surface area contributed by atoms with E-state index >= 15 is 0 Å². The quantitative estimate of drug-likeness (QED) is 0.257. The molecule has 0 atom stereocenters. The van der Waals surface area contributed by atoms with Crippen LogP contribution in [-0.2, 0) is 11.3 Å². The van der Waals surface area contributed by atoms with Crippen molar-refractivity contribution in [2.75, 3.05) is 31.6 Å². The maximum Gasteiger partial charge on any atom is 0.251 e. The lowest BCUT2D eigenvalue weighted by Gasteiger charge is -2.11. The lowest BCUT2D eigenvalue weighted by atomic mass is 10.1. The highest BCUT2D eigenvalue weighted by molar-refractivity contribution is 7.99. The largest absolute Gasteiger partial charge is 0.380 e. The van der Waals surface area contributed by atoms with Crippen molar-refractivity contribution in [1.29, 1.82) is 0 Å². The first-order valence-corrected chi connectivity index (χ1v) is 11.8. The molecule has 2 heterocycles. The number of anilines is 1. The SMILES string of the molecule is CCOCCNc1nc(SC(C)C)nc2c1cnn2CCNC(=O)c1cc(C)cc(C)c1. The van der Waals surface area contributed by atoms with E-state index in [1.54, 1.807) is 18.0 Å². The van der Waals surface area contributed by atoms with E-state index in [2.05, 4.69) is 40.6 Å². The number of aromatic nitrogens is 4. The zero-order chi connectivity index (χ0) is 23.1. The fourth-order valence-corrected chi connectivity index (χ4v) is 4.07. The second-order valence-electron chi connectivity index (χ2n) is 7.88. The van der Waals surface area contributed by atoms with E-state index in [1.165, 1.54) is 0 Å². The van der Waals surface area contributed by atoms with Gasteiger partial charge in [0.2, 0.25) is 0 Å². The van der Waals surface area contributed by atoms with E-state index in [0.29, 0.717) is 48.8 Å². The average molecular weight is 457 g/mol. The molecule has 0 radical (unpaired) electrons. The average Bonchev–Trinajstić information content (AvgIpc) is 3.13. The van der Waals surface area contributed by atoms with Crippen LogP contribution in [-0.4, -0.2) is 57.2 Å². The minimum Gasteiger partial charge on any atom is -0.380 e. The van der Waals surface area contributed by atoms with Gasteiger partial charge < -0.3 is 15.4 Å². The Morgan fingerprint density at radius 2 is 1.91 bits per heavy atom. The number of fused-ring (bicyclic) bond motifs is 1. The Balaban J connectivity index is 1.73. The highest BCUT2D eigenvalue weighted by atomic mass is 32.2. The van der Waals surface area contributed by atoms with Crippen molar-refractivity contribution in [3.8, 4) is 0 Å². The van der Waals surface area contributed by atoms with Crippen molar-refractivity contribution in [3.63, 3.8) is 0 Å². The lowest BCUT2D eigenvalue weighted by Crippen LogP contribution is -2.27. The summed E-state index contributed by atoms with van der Waals surface area (Å²) in [5.74, 6) is 0.667. The van der Waals surface area contributed by atoms with Crippen LogP contribution in [0.15, 0.2) is 29.6 Å². The number of benzene rings is 1. The summed E-state index contributed by atoms with van der Waals surface area (Å²) in [5.41, 5.74) is 3.57. The molecule has 0 saturated carbocycles. The van der Waals surface area contributed by atoms with E-state index in [0.717, 1.165) is 28.0 Å². The highest BCUT2D eigenvalue weighted by Gasteiger charge is 2.15. The molecule has 2 N–H and O–H groups in total. The molecule has 1 amide bonds. The van der Waals surface area contributed by atoms with Crippen LogP contribution in [0.2, 0.25) is 0 Å². The van der Waals surface area contributed by atoms with Crippen molar-refractivity contribution >= 4 is 34.5 Å². The van der Waals surface area contributed by atoms with Gasteiger partial charge in [0.1, 0.15) is 5.82 Å². The van der Waals surface area contributed by atoms with Crippen LogP contribution in [0.25, 0.3) is 11.0 Å². The van der Waals surface area contributed by atoms with Crippen LogP contribution >= 0.6 is 11.8 Å². The van der Waals surface area contributed by atoms with Gasteiger partial charge in [-0.3, -0.25) is 4.79 Å². The van der Waals surface area contributed by atoms with Gasteiger partial charge in [-0.25, -0.2) is 14.6 Å². The number of rotatable bonds is 11. The molecule has 0 saturated heterocycles. The van der Waals surface area contributed by atoms with Gasteiger partial charge in [0, 0.05) is 30.5 Å². The maximum atomic E-state index is 12.6. The topological polar surface area (TPSA) is 94.0 Å². The van der Waals surface area contributed by atoms with Gasteiger partial charge in [-0.15, -0.1) is 0 Å². The molecule has 2 aromatic heterocycles. The molecule has 0 fully saturated rings. The Hall–Kier alpha value is -2.65. The third kappa shape index (κ3) is 6.43. The third-order valence-electron chi connectivity index (χ3n) is 4.65. The summed E-state index contributed by atoms with van der Waals surface area (Å²) < 4.78 is 7.24. The summed E-state index contributed by atoms with van der Waals surface area (Å²) in [6.07, 6.45) is 1.77. The fraction of sp³-hybridized carbons (Fsp3) is 0.478. The molecule has 1 aromatic carbocycles. The number of ether oxygens (including phenoxy) is 1. The van der Waals surface area contributed by atoms with Gasteiger partial charge in [-0.1, -0.05) is 42.8 Å². The number of carbonyl (C=O) groups is 1. The number of amides is 1. The van der Waals surface area contributed by atoms with Crippen LogP contribution in [0.3, 0.4) is 0 Å². The second kappa shape index (κ2) is 11.3. The highest BCUT2D eigenvalue weighted by Crippen LogP contribution is 2.26. The van der Waals surface area contributed by atoms with E-state index in [-0.39, 0.29) is 5.91 Å². The number of hydrogen-bond donors (Lipinski definition) is 2. The first kappa shape index (κ1) is 24.0. The molecule has 3 rings (SSSR count). The van der Waals surface area contributed by atoms with Gasteiger partial charge in [0.15, 0.2) is 10.8 Å². The van der Waals surface area contributed by atoms with Crippen LogP contribution in [0.5, 0.6) is 0 Å². The Morgan fingerprint density at radius 1 is 1.16 bits per heavy atom. The van der Waals surface area contributed by atoms with Crippen molar-refractivity contribution < 1.29 is 9.53 Å². The maximum absolute atomic E-state index is 12.6. The number of thioether (sulfide) groups is 1. The fourth-order valence-electron chi connectivity index (χ4n) is 3.37. The van der Waals surface area contributed by atoms with Crippen LogP contribution in [0, 0.1) is 13.8 Å². The second-order valence-corrected chi connectivity index (χ2v) is 9.43. The van der Waals surface area contributed by atoms with Crippen molar-refractivity contribution in [3.05, 3.63) is 41.1 Å². The van der Waals surface area contributed by atoms with Crippen LogP contribution in [0.1, 0.15) is 42.3 Å². The van der Waals surface area contributed by atoms with Gasteiger partial charge >= 0.3 is 0 Å². The first-order valence-electron chi connectivity index (χ1n) is 11.0. The summed E-state index contributed by atoms with van der Waals surface area (Å²) in [6, 6.07) is 5.85. The molecule has 0 spiro atoms. The summed E-state index contributed by atoms with van der Waals surface area (Å²) in [6.45, 7) is 13.1. The Morgan fingerprint density at radius 3 is 2.59 bits per heavy atom. The van der Waals surface area contributed by atoms with Crippen LogP contribution in [0.4, 0.5) is 5.82 Å². The Labute approximate surface area is 193 Å². The van der Waals surface area contributed by atoms with Crippen molar-refractivity contribution in [2.24, 2.45) is 0 Å². The van der Waals surface area contributed by atoms with Gasteiger partial charge in [-0.2, -0.15) is 5.10 Å². The van der Waals surface area contributed by atoms with Gasteiger partial charge in [0.25, 0.3) is 5.91 Å². The normalized spacial score (nSPS) is 11.3. The van der Waals surface area contributed by atoms with E-state index in [1.807, 2.05) is 37.6 Å². The lowest BCUT2D eigenvalue weighted by molar-refractivity contribution is 0.0952. The monoisotopic (exact) mass is 456 g/mol. The molecule has 9 heteroatoms. The first-order chi connectivity index (χ1) is 15.4. The Bertz CT molecular complexity index is 1050. The number of nitrogens with zero attached hydrogens (tertiary/aromatic N) is 4. The molecule has 8 nitrogen and oxygen atoms in total. The number of hydrogen-bond acceptors (Lipinski definition) is 7.